The van der Waals surface area contributed by atoms with Crippen molar-refractivity contribution in [2.45, 2.75) is 37.2 Å². The molecule has 1 aromatic carbocycles. The lowest BCUT2D eigenvalue weighted by molar-refractivity contribution is 0.0631. The van der Waals surface area contributed by atoms with Crippen LogP contribution in [-0.4, -0.2) is 28.5 Å². The molecular weight excluding hydrogens is 280 g/mol. The third-order valence-electron chi connectivity index (χ3n) is 4.22. The topological polar surface area (TPSA) is 29.5 Å². The summed E-state index contributed by atoms with van der Waals surface area (Å²) in [4.78, 5) is -0.191. The molecule has 21 heavy (non-hydrogen) atoms. The van der Waals surface area contributed by atoms with Crippen molar-refractivity contribution in [1.29, 1.82) is 0 Å². The summed E-state index contributed by atoms with van der Waals surface area (Å²) in [6.07, 6.45) is 2.34. The molecule has 0 radical (unpaired) electrons. The number of thioether (sulfide) groups is 1. The van der Waals surface area contributed by atoms with Gasteiger partial charge in [-0.05, 0) is 49.5 Å². The molecule has 1 saturated heterocycles. The highest BCUT2D eigenvalue weighted by atomic mass is 32.2. The Labute approximate surface area is 130 Å². The van der Waals surface area contributed by atoms with E-state index in [-0.39, 0.29) is 4.93 Å². The van der Waals surface area contributed by atoms with Gasteiger partial charge in [-0.15, -0.1) is 11.8 Å². The molecule has 1 aromatic rings. The largest absolute Gasteiger partial charge is 0.376 e. The molecule has 3 rings (SSSR count). The van der Waals surface area contributed by atoms with Gasteiger partial charge in [-0.1, -0.05) is 30.0 Å². The summed E-state index contributed by atoms with van der Waals surface area (Å²) < 4.78 is 5.98. The smallest absolute Gasteiger partial charge is 0.137 e. The Balaban J connectivity index is 1.84. The van der Waals surface area contributed by atoms with E-state index < -0.39 is 6.10 Å². The van der Waals surface area contributed by atoms with Crippen LogP contribution < -0.4 is 0 Å². The van der Waals surface area contributed by atoms with E-state index in [2.05, 4.69) is 18.8 Å². The second kappa shape index (κ2) is 6.27. The van der Waals surface area contributed by atoms with Crippen LogP contribution >= 0.6 is 11.8 Å². The number of hydrogen-bond acceptors (Lipinski definition) is 3. The molecule has 1 N–H and O–H groups in total. The van der Waals surface area contributed by atoms with E-state index in [9.17, 15) is 5.11 Å². The van der Waals surface area contributed by atoms with Gasteiger partial charge >= 0.3 is 0 Å². The lowest BCUT2D eigenvalue weighted by Crippen LogP contribution is -2.32. The zero-order valence-corrected chi connectivity index (χ0v) is 13.1. The van der Waals surface area contributed by atoms with Crippen molar-refractivity contribution in [3.63, 3.8) is 0 Å². The number of aliphatic hydroxyl groups excluding tert-OH is 1. The van der Waals surface area contributed by atoms with Gasteiger partial charge in [0, 0.05) is 11.3 Å². The maximum atomic E-state index is 10.5. The van der Waals surface area contributed by atoms with E-state index in [0.29, 0.717) is 0 Å². The van der Waals surface area contributed by atoms with Gasteiger partial charge in [-0.3, -0.25) is 0 Å². The molecule has 1 fully saturated rings. The van der Waals surface area contributed by atoms with Crippen LogP contribution in [0.1, 0.15) is 31.7 Å². The van der Waals surface area contributed by atoms with Crippen LogP contribution in [0.2, 0.25) is 0 Å². The first kappa shape index (κ1) is 14.7. The van der Waals surface area contributed by atoms with Crippen LogP contribution in [0.3, 0.4) is 0 Å². The van der Waals surface area contributed by atoms with Gasteiger partial charge in [0.2, 0.25) is 0 Å². The van der Waals surface area contributed by atoms with Gasteiger partial charge in [0.1, 0.15) is 11.0 Å². The summed E-state index contributed by atoms with van der Waals surface area (Å²) >= 11 is 1.87. The zero-order valence-electron chi connectivity index (χ0n) is 12.3. The molecule has 3 heteroatoms. The normalized spacial score (nSPS) is 26.6. The number of benzene rings is 1. The van der Waals surface area contributed by atoms with Crippen LogP contribution in [0.15, 0.2) is 41.5 Å². The molecule has 0 aromatic heterocycles. The summed E-state index contributed by atoms with van der Waals surface area (Å²) in [5.74, 6) is 7.09. The van der Waals surface area contributed by atoms with Crippen molar-refractivity contribution in [2.24, 2.45) is 0 Å². The quantitative estimate of drug-likeness (QED) is 0.637. The molecule has 2 aliphatic rings. The maximum absolute atomic E-state index is 10.5. The van der Waals surface area contributed by atoms with Crippen molar-refractivity contribution in [3.8, 4) is 11.8 Å². The summed E-state index contributed by atoms with van der Waals surface area (Å²) in [6.45, 7) is 2.90. The minimum Gasteiger partial charge on any atom is -0.376 e. The first-order valence-corrected chi connectivity index (χ1v) is 8.42. The molecule has 0 unspecified atom stereocenters. The average Bonchev–Trinajstić information content (AvgIpc) is 2.98. The van der Waals surface area contributed by atoms with Crippen LogP contribution in [0.25, 0.3) is 0 Å². The molecule has 0 saturated carbocycles. The highest BCUT2D eigenvalue weighted by Gasteiger charge is 2.41. The Bertz CT molecular complexity index is 589. The number of hydrogen-bond donors (Lipinski definition) is 1. The highest BCUT2D eigenvalue weighted by Crippen LogP contribution is 2.48. The lowest BCUT2D eigenvalue weighted by Gasteiger charge is -2.35. The van der Waals surface area contributed by atoms with E-state index in [1.54, 1.807) is 0 Å². The minimum absolute atomic E-state index is 0.191. The second-order valence-corrected chi connectivity index (χ2v) is 6.85. The Hall–Kier alpha value is -1.21. The monoisotopic (exact) mass is 300 g/mol. The molecule has 1 heterocycles. The summed E-state index contributed by atoms with van der Waals surface area (Å²) in [6, 6.07) is 9.80. The predicted molar refractivity (Wildman–Crippen MR) is 87.0 cm³/mol. The van der Waals surface area contributed by atoms with E-state index in [4.69, 9.17) is 4.74 Å². The Kier molecular flexibility index (Phi) is 4.40. The molecule has 0 amide bonds. The molecule has 110 valence electrons. The van der Waals surface area contributed by atoms with Crippen molar-refractivity contribution in [1.82, 2.24) is 0 Å². The maximum Gasteiger partial charge on any atom is 0.137 e. The van der Waals surface area contributed by atoms with Crippen LogP contribution in [0.4, 0.5) is 0 Å². The lowest BCUT2D eigenvalue weighted by atomic mass is 9.86. The zero-order chi connectivity index (χ0) is 14.7. The SMILES string of the molecule is CC1=C([C@H](O)C#Cc2ccccc2)CCC[C@]12OCCS2. The van der Waals surface area contributed by atoms with Crippen molar-refractivity contribution < 1.29 is 9.84 Å². The summed E-state index contributed by atoms with van der Waals surface area (Å²) in [5, 5.41) is 10.5. The van der Waals surface area contributed by atoms with Gasteiger partial charge in [0.15, 0.2) is 0 Å². The Morgan fingerprint density at radius 3 is 2.86 bits per heavy atom. The standard InChI is InChI=1S/C18H20O2S/c1-14-16(8-5-11-18(14)20-12-13-21-18)17(19)10-9-15-6-3-2-4-7-15/h2-4,6-7,17,19H,5,8,11-13H2,1H3/t17-,18-/m1/s1. The molecule has 2 atom stereocenters. The summed E-state index contributed by atoms with van der Waals surface area (Å²) in [5.41, 5.74) is 3.18. The van der Waals surface area contributed by atoms with Crippen LogP contribution in [0.5, 0.6) is 0 Å². The third kappa shape index (κ3) is 3.03. The molecule has 1 aliphatic heterocycles. The van der Waals surface area contributed by atoms with E-state index >= 15 is 0 Å². The van der Waals surface area contributed by atoms with Crippen molar-refractivity contribution in [3.05, 3.63) is 47.0 Å². The molecule has 0 bridgehead atoms. The molecule has 1 aliphatic carbocycles. The van der Waals surface area contributed by atoms with Gasteiger partial charge in [-0.25, -0.2) is 0 Å². The first-order valence-electron chi connectivity index (χ1n) is 7.44. The molecule has 2 nitrogen and oxygen atoms in total. The van der Waals surface area contributed by atoms with Crippen LogP contribution in [-0.2, 0) is 4.74 Å². The van der Waals surface area contributed by atoms with Crippen molar-refractivity contribution in [2.75, 3.05) is 12.4 Å². The van der Waals surface area contributed by atoms with Crippen LogP contribution in [0, 0.1) is 11.8 Å². The third-order valence-corrected chi connectivity index (χ3v) is 5.68. The van der Waals surface area contributed by atoms with E-state index in [1.807, 2.05) is 42.1 Å². The molecule has 1 spiro atoms. The van der Waals surface area contributed by atoms with Gasteiger partial charge in [0.25, 0.3) is 0 Å². The number of aliphatic hydroxyl groups is 1. The second-order valence-electron chi connectivity index (χ2n) is 5.49. The van der Waals surface area contributed by atoms with E-state index in [1.165, 1.54) is 5.57 Å². The highest BCUT2D eigenvalue weighted by molar-refractivity contribution is 8.00. The average molecular weight is 300 g/mol. The van der Waals surface area contributed by atoms with E-state index in [0.717, 1.165) is 42.8 Å². The number of ether oxygens (including phenoxy) is 1. The fourth-order valence-corrected chi connectivity index (χ4v) is 4.35. The fraction of sp³-hybridized carbons (Fsp3) is 0.444. The predicted octanol–water partition coefficient (Wildman–Crippen LogP) is 3.36. The number of rotatable bonds is 1. The Morgan fingerprint density at radius 2 is 2.14 bits per heavy atom. The summed E-state index contributed by atoms with van der Waals surface area (Å²) in [7, 11) is 0. The van der Waals surface area contributed by atoms with Gasteiger partial charge < -0.3 is 9.84 Å². The van der Waals surface area contributed by atoms with Gasteiger partial charge in [0.05, 0.1) is 6.61 Å². The molecular formula is C18H20O2S. The first-order chi connectivity index (χ1) is 10.2. The van der Waals surface area contributed by atoms with Crippen molar-refractivity contribution >= 4 is 11.8 Å². The minimum atomic E-state index is -0.688. The Morgan fingerprint density at radius 1 is 1.33 bits per heavy atom. The fourth-order valence-electron chi connectivity index (χ4n) is 3.05. The van der Waals surface area contributed by atoms with Gasteiger partial charge in [-0.2, -0.15) is 0 Å².